The van der Waals surface area contributed by atoms with Gasteiger partial charge in [-0.15, -0.1) is 0 Å². The first-order chi connectivity index (χ1) is 9.16. The predicted octanol–water partition coefficient (Wildman–Crippen LogP) is 1.84. The summed E-state index contributed by atoms with van der Waals surface area (Å²) < 4.78 is 10.7. The van der Waals surface area contributed by atoms with E-state index in [9.17, 15) is 4.79 Å². The molecule has 0 aromatic heterocycles. The first kappa shape index (κ1) is 14.0. The van der Waals surface area contributed by atoms with Gasteiger partial charge in [-0.2, -0.15) is 0 Å². The van der Waals surface area contributed by atoms with E-state index in [-0.39, 0.29) is 18.3 Å². The molecule has 104 valence electrons. The number of nitrogens with zero attached hydrogens (tertiary/aromatic N) is 1. The first-order valence-electron chi connectivity index (χ1n) is 6.69. The predicted molar refractivity (Wildman–Crippen MR) is 72.7 cm³/mol. The van der Waals surface area contributed by atoms with Crippen molar-refractivity contribution < 1.29 is 14.3 Å². The minimum absolute atomic E-state index is 0.208. The Hall–Kier alpha value is -1.39. The molecule has 2 atom stereocenters. The van der Waals surface area contributed by atoms with E-state index in [1.54, 1.807) is 0 Å². The Balaban J connectivity index is 1.96. The number of hydrogen-bond donors (Lipinski definition) is 0. The van der Waals surface area contributed by atoms with E-state index in [1.807, 2.05) is 49.3 Å². The van der Waals surface area contributed by atoms with E-state index in [1.165, 1.54) is 0 Å². The van der Waals surface area contributed by atoms with Crippen molar-refractivity contribution in [3.63, 3.8) is 0 Å². The number of hydrogen-bond acceptors (Lipinski definition) is 4. The second-order valence-corrected chi connectivity index (χ2v) is 5.05. The average Bonchev–Trinajstić information content (AvgIpc) is 2.89. The van der Waals surface area contributed by atoms with Gasteiger partial charge in [0.25, 0.3) is 0 Å². The standard InChI is InChI=1S/C15H21NO3/c1-16(2)13(11-12-7-4-3-5-8-12)15(17)19-14-9-6-10-18-14/h3-5,7-8,13-14H,6,9-11H2,1-2H3/t13-,14?/m0/s1. The molecule has 0 saturated carbocycles. The normalized spacial score (nSPS) is 20.5. The van der Waals surface area contributed by atoms with Gasteiger partial charge >= 0.3 is 5.97 Å². The molecule has 0 bridgehead atoms. The molecule has 1 aliphatic heterocycles. The molecular formula is C15H21NO3. The first-order valence-corrected chi connectivity index (χ1v) is 6.69. The molecule has 1 unspecified atom stereocenters. The minimum atomic E-state index is -0.356. The van der Waals surface area contributed by atoms with Gasteiger partial charge in [0.1, 0.15) is 6.04 Å². The third kappa shape index (κ3) is 4.04. The van der Waals surface area contributed by atoms with Crippen LogP contribution in [0.1, 0.15) is 18.4 Å². The molecule has 4 nitrogen and oxygen atoms in total. The third-order valence-corrected chi connectivity index (χ3v) is 3.30. The van der Waals surface area contributed by atoms with Crippen LogP contribution < -0.4 is 0 Å². The van der Waals surface area contributed by atoms with Crippen molar-refractivity contribution in [2.75, 3.05) is 20.7 Å². The van der Waals surface area contributed by atoms with Crippen LogP contribution in [0.25, 0.3) is 0 Å². The monoisotopic (exact) mass is 263 g/mol. The molecule has 0 amide bonds. The Kier molecular flexibility index (Phi) is 4.93. The van der Waals surface area contributed by atoms with Crippen LogP contribution in [-0.2, 0) is 20.7 Å². The molecule has 1 aliphatic rings. The summed E-state index contributed by atoms with van der Waals surface area (Å²) in [5, 5.41) is 0. The highest BCUT2D eigenvalue weighted by atomic mass is 16.7. The summed E-state index contributed by atoms with van der Waals surface area (Å²) in [5.74, 6) is -0.208. The maximum Gasteiger partial charge on any atom is 0.325 e. The van der Waals surface area contributed by atoms with Gasteiger partial charge in [0.2, 0.25) is 6.29 Å². The lowest BCUT2D eigenvalue weighted by atomic mass is 10.1. The largest absolute Gasteiger partial charge is 0.435 e. The van der Waals surface area contributed by atoms with Crippen LogP contribution >= 0.6 is 0 Å². The van der Waals surface area contributed by atoms with Crippen LogP contribution in [0.4, 0.5) is 0 Å². The van der Waals surface area contributed by atoms with Gasteiger partial charge in [0.05, 0.1) is 6.61 Å². The number of carbonyl (C=O) groups is 1. The molecule has 1 saturated heterocycles. The van der Waals surface area contributed by atoms with E-state index in [0.29, 0.717) is 13.0 Å². The SMILES string of the molecule is CN(C)[C@@H](Cc1ccccc1)C(=O)OC1CCCO1. The molecule has 0 radical (unpaired) electrons. The number of likely N-dealkylation sites (N-methyl/N-ethyl adjacent to an activating group) is 1. The number of esters is 1. The van der Waals surface area contributed by atoms with Gasteiger partial charge in [-0.3, -0.25) is 9.69 Å². The quantitative estimate of drug-likeness (QED) is 0.760. The van der Waals surface area contributed by atoms with Gasteiger partial charge in [-0.1, -0.05) is 30.3 Å². The molecule has 1 heterocycles. The fourth-order valence-electron chi connectivity index (χ4n) is 2.16. The topological polar surface area (TPSA) is 38.8 Å². The van der Waals surface area contributed by atoms with Crippen LogP contribution in [-0.4, -0.2) is 43.9 Å². The van der Waals surface area contributed by atoms with E-state index in [2.05, 4.69) is 0 Å². The van der Waals surface area contributed by atoms with Crippen molar-refractivity contribution in [3.8, 4) is 0 Å². The molecule has 0 aliphatic carbocycles. The molecule has 2 rings (SSSR count). The second-order valence-electron chi connectivity index (χ2n) is 5.05. The molecule has 1 aromatic carbocycles. The van der Waals surface area contributed by atoms with E-state index < -0.39 is 0 Å². The van der Waals surface area contributed by atoms with Crippen molar-refractivity contribution in [3.05, 3.63) is 35.9 Å². The Morgan fingerprint density at radius 1 is 1.42 bits per heavy atom. The molecule has 0 spiro atoms. The summed E-state index contributed by atoms with van der Waals surface area (Å²) in [7, 11) is 3.79. The number of carbonyl (C=O) groups excluding carboxylic acids is 1. The van der Waals surface area contributed by atoms with E-state index in [0.717, 1.165) is 18.4 Å². The van der Waals surface area contributed by atoms with Gasteiger partial charge in [-0.25, -0.2) is 0 Å². The van der Waals surface area contributed by atoms with Gasteiger partial charge < -0.3 is 9.47 Å². The third-order valence-electron chi connectivity index (χ3n) is 3.30. The number of benzene rings is 1. The fraction of sp³-hybridized carbons (Fsp3) is 0.533. The summed E-state index contributed by atoms with van der Waals surface area (Å²) in [6, 6.07) is 9.71. The lowest BCUT2D eigenvalue weighted by Gasteiger charge is -2.24. The molecule has 4 heteroatoms. The van der Waals surface area contributed by atoms with Gasteiger partial charge in [0.15, 0.2) is 0 Å². The molecule has 1 fully saturated rings. The minimum Gasteiger partial charge on any atom is -0.435 e. The number of rotatable bonds is 5. The zero-order valence-electron chi connectivity index (χ0n) is 11.5. The van der Waals surface area contributed by atoms with Crippen molar-refractivity contribution in [1.29, 1.82) is 0 Å². The summed E-state index contributed by atoms with van der Waals surface area (Å²) in [5.41, 5.74) is 1.13. The molecule has 0 N–H and O–H groups in total. The van der Waals surface area contributed by atoms with Crippen LogP contribution in [0, 0.1) is 0 Å². The van der Waals surface area contributed by atoms with Crippen LogP contribution in [0.5, 0.6) is 0 Å². The molecular weight excluding hydrogens is 242 g/mol. The Morgan fingerprint density at radius 2 is 2.16 bits per heavy atom. The van der Waals surface area contributed by atoms with E-state index >= 15 is 0 Å². The summed E-state index contributed by atoms with van der Waals surface area (Å²) in [6.45, 7) is 0.684. The fourth-order valence-corrected chi connectivity index (χ4v) is 2.16. The van der Waals surface area contributed by atoms with Gasteiger partial charge in [-0.05, 0) is 32.5 Å². The molecule has 19 heavy (non-hydrogen) atoms. The Labute approximate surface area is 114 Å². The van der Waals surface area contributed by atoms with Crippen molar-refractivity contribution in [2.45, 2.75) is 31.6 Å². The lowest BCUT2D eigenvalue weighted by molar-refractivity contribution is -0.175. The molecule has 1 aromatic rings. The van der Waals surface area contributed by atoms with Gasteiger partial charge in [0, 0.05) is 6.42 Å². The van der Waals surface area contributed by atoms with Crippen LogP contribution in [0.15, 0.2) is 30.3 Å². The van der Waals surface area contributed by atoms with Crippen LogP contribution in [0.2, 0.25) is 0 Å². The summed E-state index contributed by atoms with van der Waals surface area (Å²) in [6.07, 6.45) is 2.06. The second kappa shape index (κ2) is 6.68. The zero-order valence-corrected chi connectivity index (χ0v) is 11.5. The maximum absolute atomic E-state index is 12.2. The Bertz CT molecular complexity index is 399. The summed E-state index contributed by atoms with van der Waals surface area (Å²) >= 11 is 0. The zero-order chi connectivity index (χ0) is 13.7. The van der Waals surface area contributed by atoms with Crippen molar-refractivity contribution in [2.24, 2.45) is 0 Å². The highest BCUT2D eigenvalue weighted by Gasteiger charge is 2.27. The summed E-state index contributed by atoms with van der Waals surface area (Å²) in [4.78, 5) is 14.1. The number of ether oxygens (including phenoxy) is 2. The maximum atomic E-state index is 12.2. The average molecular weight is 263 g/mol. The highest BCUT2D eigenvalue weighted by molar-refractivity contribution is 5.76. The van der Waals surface area contributed by atoms with Crippen LogP contribution in [0.3, 0.4) is 0 Å². The lowest BCUT2D eigenvalue weighted by Crippen LogP contribution is -2.40. The van der Waals surface area contributed by atoms with Crippen molar-refractivity contribution >= 4 is 5.97 Å². The van der Waals surface area contributed by atoms with E-state index in [4.69, 9.17) is 9.47 Å². The Morgan fingerprint density at radius 3 is 2.74 bits per heavy atom. The van der Waals surface area contributed by atoms with Crippen molar-refractivity contribution in [1.82, 2.24) is 4.90 Å². The highest BCUT2D eigenvalue weighted by Crippen LogP contribution is 2.16. The smallest absolute Gasteiger partial charge is 0.325 e.